The second-order valence-corrected chi connectivity index (χ2v) is 5.55. The van der Waals surface area contributed by atoms with Crippen LogP contribution < -0.4 is 5.32 Å². The molecule has 1 amide bonds. The van der Waals surface area contributed by atoms with Gasteiger partial charge < -0.3 is 10.4 Å². The molecule has 3 heteroatoms. The zero-order chi connectivity index (χ0) is 13.6. The van der Waals surface area contributed by atoms with E-state index in [0.29, 0.717) is 13.0 Å². The number of hydrogen-bond acceptors (Lipinski definition) is 2. The predicted octanol–water partition coefficient (Wildman–Crippen LogP) is 2.43. The third kappa shape index (κ3) is 4.67. The van der Waals surface area contributed by atoms with Gasteiger partial charge in [0.2, 0.25) is 5.91 Å². The van der Waals surface area contributed by atoms with E-state index in [-0.39, 0.29) is 5.91 Å². The minimum absolute atomic E-state index is 0.0521. The molecule has 1 aliphatic rings. The van der Waals surface area contributed by atoms with Gasteiger partial charge in [-0.25, -0.2) is 0 Å². The van der Waals surface area contributed by atoms with Crippen LogP contribution in [0.25, 0.3) is 0 Å². The van der Waals surface area contributed by atoms with Crippen LogP contribution in [0.3, 0.4) is 0 Å². The molecule has 0 heterocycles. The van der Waals surface area contributed by atoms with E-state index in [1.54, 1.807) is 0 Å². The second kappa shape index (κ2) is 6.71. The van der Waals surface area contributed by atoms with E-state index in [0.717, 1.165) is 38.5 Å². The molecule has 2 rings (SSSR count). The monoisotopic (exact) mass is 261 g/mol. The van der Waals surface area contributed by atoms with Crippen LogP contribution in [-0.2, 0) is 11.2 Å². The van der Waals surface area contributed by atoms with Crippen molar-refractivity contribution in [2.75, 3.05) is 6.54 Å². The highest BCUT2D eigenvalue weighted by atomic mass is 16.3. The molecule has 0 spiro atoms. The van der Waals surface area contributed by atoms with Gasteiger partial charge in [0.25, 0.3) is 0 Å². The van der Waals surface area contributed by atoms with Crippen LogP contribution in [0.5, 0.6) is 0 Å². The Morgan fingerprint density at radius 3 is 2.58 bits per heavy atom. The lowest BCUT2D eigenvalue weighted by Crippen LogP contribution is -2.40. The Labute approximate surface area is 115 Å². The fraction of sp³-hybridized carbons (Fsp3) is 0.562. The average Bonchev–Trinajstić information content (AvgIpc) is 2.85. The molecule has 1 aliphatic carbocycles. The lowest BCUT2D eigenvalue weighted by Gasteiger charge is -2.22. The van der Waals surface area contributed by atoms with Gasteiger partial charge in [0.15, 0.2) is 0 Å². The number of hydrogen-bond donors (Lipinski definition) is 2. The third-order valence-corrected chi connectivity index (χ3v) is 3.86. The number of rotatable bonds is 6. The van der Waals surface area contributed by atoms with Crippen molar-refractivity contribution in [2.45, 2.75) is 50.5 Å². The zero-order valence-corrected chi connectivity index (χ0v) is 11.4. The number of carbonyl (C=O) groups excluding carboxylic acids is 1. The van der Waals surface area contributed by atoms with Gasteiger partial charge in [-0.3, -0.25) is 4.79 Å². The second-order valence-electron chi connectivity index (χ2n) is 5.55. The van der Waals surface area contributed by atoms with Gasteiger partial charge >= 0.3 is 0 Å². The van der Waals surface area contributed by atoms with E-state index in [1.165, 1.54) is 5.56 Å². The highest BCUT2D eigenvalue weighted by molar-refractivity contribution is 5.75. The van der Waals surface area contributed by atoms with Crippen molar-refractivity contribution in [2.24, 2.45) is 0 Å². The topological polar surface area (TPSA) is 49.3 Å². The molecule has 0 radical (unpaired) electrons. The largest absolute Gasteiger partial charge is 0.388 e. The summed E-state index contributed by atoms with van der Waals surface area (Å²) < 4.78 is 0. The number of benzene rings is 1. The van der Waals surface area contributed by atoms with Gasteiger partial charge in [-0.1, -0.05) is 43.2 Å². The molecule has 1 aromatic carbocycles. The lowest BCUT2D eigenvalue weighted by molar-refractivity contribution is -0.122. The van der Waals surface area contributed by atoms with E-state index < -0.39 is 5.60 Å². The van der Waals surface area contributed by atoms with Crippen molar-refractivity contribution < 1.29 is 9.90 Å². The summed E-state index contributed by atoms with van der Waals surface area (Å²) in [6.07, 6.45) is 6.09. The smallest absolute Gasteiger partial charge is 0.220 e. The number of aliphatic hydroxyl groups is 1. The third-order valence-electron chi connectivity index (χ3n) is 3.86. The van der Waals surface area contributed by atoms with Gasteiger partial charge in [0.1, 0.15) is 0 Å². The van der Waals surface area contributed by atoms with Crippen molar-refractivity contribution in [1.29, 1.82) is 0 Å². The molecule has 0 unspecified atom stereocenters. The summed E-state index contributed by atoms with van der Waals surface area (Å²) in [4.78, 5) is 11.7. The first-order valence-electron chi connectivity index (χ1n) is 7.21. The highest BCUT2D eigenvalue weighted by Gasteiger charge is 2.31. The maximum atomic E-state index is 11.7. The Morgan fingerprint density at radius 2 is 1.89 bits per heavy atom. The van der Waals surface area contributed by atoms with Crippen molar-refractivity contribution in [1.82, 2.24) is 5.32 Å². The number of aryl methyl sites for hydroxylation is 1. The van der Waals surface area contributed by atoms with Gasteiger partial charge in [-0.15, -0.1) is 0 Å². The maximum absolute atomic E-state index is 11.7. The maximum Gasteiger partial charge on any atom is 0.220 e. The van der Waals surface area contributed by atoms with Crippen LogP contribution in [0.1, 0.15) is 44.1 Å². The number of nitrogens with one attached hydrogen (secondary N) is 1. The summed E-state index contributed by atoms with van der Waals surface area (Å²) in [7, 11) is 0. The van der Waals surface area contributed by atoms with Crippen molar-refractivity contribution in [3.63, 3.8) is 0 Å². The SMILES string of the molecule is O=C(CCCc1ccccc1)NCC1(O)CCCC1. The van der Waals surface area contributed by atoms with Gasteiger partial charge in [-0.05, 0) is 31.2 Å². The van der Waals surface area contributed by atoms with E-state index in [9.17, 15) is 9.90 Å². The minimum atomic E-state index is -0.644. The molecule has 104 valence electrons. The molecule has 0 bridgehead atoms. The first-order chi connectivity index (χ1) is 9.18. The predicted molar refractivity (Wildman–Crippen MR) is 75.8 cm³/mol. The van der Waals surface area contributed by atoms with Crippen LogP contribution in [0.4, 0.5) is 0 Å². The average molecular weight is 261 g/mol. The standard InChI is InChI=1S/C16H23NO2/c18-15(17-13-16(19)11-4-5-12-16)10-6-9-14-7-2-1-3-8-14/h1-3,7-8,19H,4-6,9-13H2,(H,17,18). The molecule has 1 aromatic rings. The molecular formula is C16H23NO2. The van der Waals surface area contributed by atoms with E-state index >= 15 is 0 Å². The molecule has 2 N–H and O–H groups in total. The molecule has 0 saturated heterocycles. The molecular weight excluding hydrogens is 238 g/mol. The Kier molecular flexibility index (Phi) is 4.97. The summed E-state index contributed by atoms with van der Waals surface area (Å²) in [5.74, 6) is 0.0521. The number of carbonyl (C=O) groups is 1. The van der Waals surface area contributed by atoms with Crippen molar-refractivity contribution in [3.05, 3.63) is 35.9 Å². The van der Waals surface area contributed by atoms with E-state index in [2.05, 4.69) is 17.4 Å². The Balaban J connectivity index is 1.62. The molecule has 19 heavy (non-hydrogen) atoms. The Morgan fingerprint density at radius 1 is 1.21 bits per heavy atom. The summed E-state index contributed by atoms with van der Waals surface area (Å²) in [5, 5.41) is 13.0. The summed E-state index contributed by atoms with van der Waals surface area (Å²) in [5.41, 5.74) is 0.625. The van der Waals surface area contributed by atoms with E-state index in [4.69, 9.17) is 0 Å². The quantitative estimate of drug-likeness (QED) is 0.826. The summed E-state index contributed by atoms with van der Waals surface area (Å²) >= 11 is 0. The molecule has 0 aromatic heterocycles. The summed E-state index contributed by atoms with van der Waals surface area (Å²) in [6, 6.07) is 10.2. The van der Waals surface area contributed by atoms with Gasteiger partial charge in [0.05, 0.1) is 5.60 Å². The minimum Gasteiger partial charge on any atom is -0.388 e. The van der Waals surface area contributed by atoms with Crippen molar-refractivity contribution in [3.8, 4) is 0 Å². The van der Waals surface area contributed by atoms with Crippen LogP contribution >= 0.6 is 0 Å². The van der Waals surface area contributed by atoms with Crippen molar-refractivity contribution >= 4 is 5.91 Å². The van der Waals surface area contributed by atoms with Crippen LogP contribution in [-0.4, -0.2) is 23.2 Å². The molecule has 0 aliphatic heterocycles. The van der Waals surface area contributed by atoms with Crippen LogP contribution in [0.15, 0.2) is 30.3 Å². The van der Waals surface area contributed by atoms with Crippen LogP contribution in [0, 0.1) is 0 Å². The fourth-order valence-electron chi connectivity index (χ4n) is 2.66. The lowest BCUT2D eigenvalue weighted by atomic mass is 10.0. The molecule has 0 atom stereocenters. The normalized spacial score (nSPS) is 17.3. The fourth-order valence-corrected chi connectivity index (χ4v) is 2.66. The van der Waals surface area contributed by atoms with E-state index in [1.807, 2.05) is 18.2 Å². The zero-order valence-electron chi connectivity index (χ0n) is 11.4. The van der Waals surface area contributed by atoms with Gasteiger partial charge in [-0.2, -0.15) is 0 Å². The molecule has 3 nitrogen and oxygen atoms in total. The molecule has 1 saturated carbocycles. The molecule has 1 fully saturated rings. The first-order valence-corrected chi connectivity index (χ1v) is 7.21. The number of amides is 1. The Hall–Kier alpha value is -1.35. The van der Waals surface area contributed by atoms with Gasteiger partial charge in [0, 0.05) is 13.0 Å². The Bertz CT molecular complexity index is 396. The van der Waals surface area contributed by atoms with Crippen LogP contribution in [0.2, 0.25) is 0 Å². The summed E-state index contributed by atoms with van der Waals surface area (Å²) in [6.45, 7) is 0.414. The first kappa shape index (κ1) is 14.1. The highest BCUT2D eigenvalue weighted by Crippen LogP contribution is 2.28.